The van der Waals surface area contributed by atoms with E-state index in [0.29, 0.717) is 27.4 Å². The van der Waals surface area contributed by atoms with Crippen LogP contribution in [0.1, 0.15) is 11.3 Å². The summed E-state index contributed by atoms with van der Waals surface area (Å²) >= 11 is 7.34. The molecule has 0 spiro atoms. The van der Waals surface area contributed by atoms with Gasteiger partial charge in [0.1, 0.15) is 22.8 Å². The van der Waals surface area contributed by atoms with Crippen molar-refractivity contribution in [1.82, 2.24) is 4.98 Å². The molecule has 2 heterocycles. The molecule has 30 heavy (non-hydrogen) atoms. The van der Waals surface area contributed by atoms with Crippen molar-refractivity contribution in [1.29, 1.82) is 0 Å². The van der Waals surface area contributed by atoms with E-state index in [4.69, 9.17) is 30.5 Å². The number of aryl methyl sites for hydroxylation is 1. The molecule has 0 fully saturated rings. The van der Waals surface area contributed by atoms with Crippen molar-refractivity contribution in [3.05, 3.63) is 71.1 Å². The second-order valence-corrected chi connectivity index (χ2v) is 7.97. The largest absolute Gasteiger partial charge is 0.494 e. The normalized spacial score (nSPS) is 10.9. The van der Waals surface area contributed by atoms with Crippen molar-refractivity contribution >= 4 is 44.2 Å². The van der Waals surface area contributed by atoms with Crippen LogP contribution in [-0.4, -0.2) is 24.6 Å². The highest BCUT2D eigenvalue weighted by Crippen LogP contribution is 2.37. The van der Waals surface area contributed by atoms with Crippen LogP contribution < -0.4 is 14.4 Å². The molecule has 1 amide bonds. The van der Waals surface area contributed by atoms with Crippen LogP contribution in [0.4, 0.5) is 5.13 Å². The minimum absolute atomic E-state index is 0.144. The molecule has 4 aromatic rings. The molecule has 0 aliphatic carbocycles. The number of amides is 1. The maximum atomic E-state index is 13.1. The van der Waals surface area contributed by atoms with E-state index in [1.165, 1.54) is 11.3 Å². The van der Waals surface area contributed by atoms with Crippen LogP contribution in [0.5, 0.6) is 11.5 Å². The number of hydrogen-bond acceptors (Lipinski definition) is 6. The quantitative estimate of drug-likeness (QED) is 0.379. The van der Waals surface area contributed by atoms with Crippen LogP contribution in [-0.2, 0) is 11.3 Å². The van der Waals surface area contributed by atoms with Gasteiger partial charge in [0.25, 0.3) is 5.91 Å². The third-order valence-corrected chi connectivity index (χ3v) is 5.98. The highest BCUT2D eigenvalue weighted by molar-refractivity contribution is 7.22. The van der Waals surface area contributed by atoms with E-state index in [1.54, 1.807) is 48.6 Å². The Bertz CT molecular complexity index is 1160. The summed E-state index contributed by atoms with van der Waals surface area (Å²) in [6.45, 7) is 2.11. The summed E-state index contributed by atoms with van der Waals surface area (Å²) in [4.78, 5) is 19.4. The standard InChI is InChI=1S/C22H19ClN2O4S/c1-14-5-10-18(27-2)20-21(14)30-22(24-20)25(12-17-4-3-11-28-17)19(26)13-29-16-8-6-15(23)7-9-16/h3-11H,12-13H2,1-2H3. The molecule has 0 aliphatic rings. The van der Waals surface area contributed by atoms with Crippen LogP contribution in [0.2, 0.25) is 5.02 Å². The maximum Gasteiger partial charge on any atom is 0.267 e. The van der Waals surface area contributed by atoms with Crippen molar-refractivity contribution in [2.24, 2.45) is 0 Å². The Labute approximate surface area is 182 Å². The van der Waals surface area contributed by atoms with Crippen molar-refractivity contribution in [3.63, 3.8) is 0 Å². The van der Waals surface area contributed by atoms with Gasteiger partial charge in [0.05, 0.1) is 24.6 Å². The topological polar surface area (TPSA) is 64.8 Å². The van der Waals surface area contributed by atoms with Crippen molar-refractivity contribution in [2.45, 2.75) is 13.5 Å². The molecule has 0 atom stereocenters. The number of aromatic nitrogens is 1. The number of thiazole rings is 1. The lowest BCUT2D eigenvalue weighted by Crippen LogP contribution is -2.34. The van der Waals surface area contributed by atoms with Gasteiger partial charge in [-0.25, -0.2) is 4.98 Å². The summed E-state index contributed by atoms with van der Waals surface area (Å²) in [5.41, 5.74) is 1.80. The summed E-state index contributed by atoms with van der Waals surface area (Å²) < 4.78 is 17.5. The summed E-state index contributed by atoms with van der Waals surface area (Å²) in [6, 6.07) is 14.3. The number of ether oxygens (including phenoxy) is 2. The van der Waals surface area contributed by atoms with Crippen LogP contribution in [0.15, 0.2) is 59.2 Å². The van der Waals surface area contributed by atoms with E-state index in [2.05, 4.69) is 0 Å². The van der Waals surface area contributed by atoms with E-state index in [-0.39, 0.29) is 19.1 Å². The predicted molar refractivity (Wildman–Crippen MR) is 118 cm³/mol. The van der Waals surface area contributed by atoms with Gasteiger partial charge in [-0.1, -0.05) is 29.0 Å². The Hall–Kier alpha value is -3.03. The highest BCUT2D eigenvalue weighted by atomic mass is 35.5. The van der Waals surface area contributed by atoms with Gasteiger partial charge < -0.3 is 13.9 Å². The number of hydrogen-bond donors (Lipinski definition) is 0. The molecular formula is C22H19ClN2O4S. The average Bonchev–Trinajstić information content (AvgIpc) is 3.42. The molecule has 2 aromatic heterocycles. The molecule has 4 rings (SSSR count). The van der Waals surface area contributed by atoms with Gasteiger partial charge in [-0.05, 0) is 55.0 Å². The fourth-order valence-electron chi connectivity index (χ4n) is 2.95. The van der Waals surface area contributed by atoms with E-state index in [0.717, 1.165) is 15.8 Å². The molecule has 154 valence electrons. The van der Waals surface area contributed by atoms with Gasteiger partial charge in [0.15, 0.2) is 11.7 Å². The first-order valence-electron chi connectivity index (χ1n) is 9.20. The Balaban J connectivity index is 1.64. The smallest absolute Gasteiger partial charge is 0.267 e. The number of rotatable bonds is 7. The summed E-state index contributed by atoms with van der Waals surface area (Å²) in [5.74, 6) is 1.64. The Kier molecular flexibility index (Phi) is 5.92. The van der Waals surface area contributed by atoms with Gasteiger partial charge in [0.2, 0.25) is 0 Å². The Morgan fingerprint density at radius 3 is 2.70 bits per heavy atom. The number of nitrogens with zero attached hydrogens (tertiary/aromatic N) is 2. The molecule has 0 saturated carbocycles. The van der Waals surface area contributed by atoms with E-state index in [1.807, 2.05) is 25.1 Å². The lowest BCUT2D eigenvalue weighted by atomic mass is 10.2. The first-order chi connectivity index (χ1) is 14.5. The minimum Gasteiger partial charge on any atom is -0.494 e. The van der Waals surface area contributed by atoms with Gasteiger partial charge in [-0.15, -0.1) is 0 Å². The monoisotopic (exact) mass is 442 g/mol. The van der Waals surface area contributed by atoms with Crippen molar-refractivity contribution < 1.29 is 18.7 Å². The first-order valence-corrected chi connectivity index (χ1v) is 10.4. The van der Waals surface area contributed by atoms with E-state index in [9.17, 15) is 4.79 Å². The molecular weight excluding hydrogens is 424 g/mol. The van der Waals surface area contributed by atoms with Gasteiger partial charge in [-0.3, -0.25) is 9.69 Å². The first kappa shape index (κ1) is 20.3. The van der Waals surface area contributed by atoms with E-state index >= 15 is 0 Å². The van der Waals surface area contributed by atoms with Gasteiger partial charge in [-0.2, -0.15) is 0 Å². The molecule has 0 radical (unpaired) electrons. The molecule has 2 aromatic carbocycles. The average molecular weight is 443 g/mol. The summed E-state index contributed by atoms with van der Waals surface area (Å²) in [6.07, 6.45) is 1.58. The molecule has 0 saturated heterocycles. The fourth-order valence-corrected chi connectivity index (χ4v) is 4.15. The lowest BCUT2D eigenvalue weighted by Gasteiger charge is -2.19. The molecule has 0 N–H and O–H groups in total. The number of methoxy groups -OCH3 is 1. The van der Waals surface area contributed by atoms with Gasteiger partial charge in [0, 0.05) is 5.02 Å². The highest BCUT2D eigenvalue weighted by Gasteiger charge is 2.23. The fraction of sp³-hybridized carbons (Fsp3) is 0.182. The Morgan fingerprint density at radius 1 is 1.20 bits per heavy atom. The second-order valence-electron chi connectivity index (χ2n) is 6.56. The zero-order valence-electron chi connectivity index (χ0n) is 16.4. The lowest BCUT2D eigenvalue weighted by molar-refractivity contribution is -0.120. The molecule has 0 unspecified atom stereocenters. The van der Waals surface area contributed by atoms with Crippen LogP contribution in [0.3, 0.4) is 0 Å². The number of anilines is 1. The SMILES string of the molecule is COc1ccc(C)c2sc(N(Cc3ccco3)C(=O)COc3ccc(Cl)cc3)nc12. The number of furan rings is 1. The van der Waals surface area contributed by atoms with Crippen LogP contribution in [0.25, 0.3) is 10.2 Å². The van der Waals surface area contributed by atoms with Crippen molar-refractivity contribution in [2.75, 3.05) is 18.6 Å². The van der Waals surface area contributed by atoms with Gasteiger partial charge >= 0.3 is 0 Å². The predicted octanol–water partition coefficient (Wildman–Crippen LogP) is 5.47. The molecule has 0 aliphatic heterocycles. The second kappa shape index (κ2) is 8.77. The van der Waals surface area contributed by atoms with Crippen LogP contribution in [0, 0.1) is 6.92 Å². The van der Waals surface area contributed by atoms with Crippen LogP contribution >= 0.6 is 22.9 Å². The summed E-state index contributed by atoms with van der Waals surface area (Å²) in [7, 11) is 1.61. The number of carbonyl (C=O) groups excluding carboxylic acids is 1. The van der Waals surface area contributed by atoms with E-state index < -0.39 is 0 Å². The number of benzene rings is 2. The number of halogens is 1. The third kappa shape index (κ3) is 4.27. The maximum absolute atomic E-state index is 13.1. The summed E-state index contributed by atoms with van der Waals surface area (Å²) in [5, 5.41) is 1.16. The zero-order valence-corrected chi connectivity index (χ0v) is 18.0. The molecule has 8 heteroatoms. The third-order valence-electron chi connectivity index (χ3n) is 4.51. The minimum atomic E-state index is -0.239. The number of carbonyl (C=O) groups is 1. The number of fused-ring (bicyclic) bond motifs is 1. The van der Waals surface area contributed by atoms with Crippen molar-refractivity contribution in [3.8, 4) is 11.5 Å². The zero-order chi connectivity index (χ0) is 21.1. The molecule has 0 bridgehead atoms. The Morgan fingerprint density at radius 2 is 2.00 bits per heavy atom. The molecule has 6 nitrogen and oxygen atoms in total.